The fourth-order valence-corrected chi connectivity index (χ4v) is 0.729. The molecule has 0 saturated carbocycles. The minimum atomic E-state index is -1.23. The summed E-state index contributed by atoms with van der Waals surface area (Å²) in [6.45, 7) is 5.07. The van der Waals surface area contributed by atoms with Gasteiger partial charge in [0.2, 0.25) is 0 Å². The molecule has 0 saturated heterocycles. The van der Waals surface area contributed by atoms with Gasteiger partial charge in [-0.05, 0) is 20.8 Å². The van der Waals surface area contributed by atoms with E-state index in [1.807, 2.05) is 0 Å². The molecule has 1 amide bonds. The van der Waals surface area contributed by atoms with Crippen molar-refractivity contribution in [3.8, 4) is 11.7 Å². The van der Waals surface area contributed by atoms with E-state index in [1.165, 1.54) is 7.85 Å². The third-order valence-electron chi connectivity index (χ3n) is 1.20. The Bertz CT molecular complexity index is 310. The van der Waals surface area contributed by atoms with Crippen LogP contribution in [0.15, 0.2) is 0 Å². The van der Waals surface area contributed by atoms with E-state index in [9.17, 15) is 9.59 Å². The number of carbonyl (C=O) groups is 2. The molecule has 0 aliphatic heterocycles. The highest BCUT2D eigenvalue weighted by Gasteiger charge is 2.21. The third-order valence-corrected chi connectivity index (χ3v) is 1.20. The first-order valence-electron chi connectivity index (χ1n) is 4.41. The molecule has 82 valence electrons. The summed E-state index contributed by atoms with van der Waals surface area (Å²) >= 11 is 0. The Balaban J connectivity index is 4.35. The molecule has 0 aliphatic rings. The molecular weight excluding hydrogens is 197 g/mol. The van der Waals surface area contributed by atoms with Crippen LogP contribution in [-0.4, -0.2) is 36.7 Å². The second kappa shape index (κ2) is 5.30. The summed E-state index contributed by atoms with van der Waals surface area (Å²) in [5.74, 6) is 3.54. The number of alkyl carbamates (subject to hydrolysis) is 1. The first-order chi connectivity index (χ1) is 6.76. The summed E-state index contributed by atoms with van der Waals surface area (Å²) in [6.07, 6.45) is -0.794. The summed E-state index contributed by atoms with van der Waals surface area (Å²) in [4.78, 5) is 21.8. The molecule has 0 rings (SSSR count). The SMILES string of the molecule is BC#CC(NC(=O)OC(C)(C)C)C(=O)O. The summed E-state index contributed by atoms with van der Waals surface area (Å²) in [5.41, 5.74) is -0.660. The van der Waals surface area contributed by atoms with Gasteiger partial charge in [0.25, 0.3) is 0 Å². The van der Waals surface area contributed by atoms with Gasteiger partial charge in [-0.3, -0.25) is 5.32 Å². The van der Waals surface area contributed by atoms with Crippen LogP contribution in [0.1, 0.15) is 20.8 Å². The molecule has 15 heavy (non-hydrogen) atoms. The average molecular weight is 211 g/mol. The molecule has 0 aliphatic carbocycles. The monoisotopic (exact) mass is 211 g/mol. The van der Waals surface area contributed by atoms with Gasteiger partial charge in [0.15, 0.2) is 13.9 Å². The molecule has 1 atom stereocenters. The highest BCUT2D eigenvalue weighted by molar-refractivity contribution is 6.22. The van der Waals surface area contributed by atoms with Crippen molar-refractivity contribution < 1.29 is 19.4 Å². The molecule has 0 bridgehead atoms. The Kier molecular flexibility index (Phi) is 4.72. The van der Waals surface area contributed by atoms with Crippen molar-refractivity contribution in [2.75, 3.05) is 0 Å². The quantitative estimate of drug-likeness (QED) is 0.479. The average Bonchev–Trinajstić information content (AvgIpc) is 1.99. The van der Waals surface area contributed by atoms with Crippen LogP contribution in [0.5, 0.6) is 0 Å². The van der Waals surface area contributed by atoms with Crippen LogP contribution in [0, 0.1) is 11.7 Å². The Morgan fingerprint density at radius 2 is 2.00 bits per heavy atom. The molecule has 0 heterocycles. The summed E-state index contributed by atoms with van der Waals surface area (Å²) in [6, 6.07) is -1.23. The van der Waals surface area contributed by atoms with E-state index in [1.54, 1.807) is 20.8 Å². The van der Waals surface area contributed by atoms with Gasteiger partial charge in [-0.25, -0.2) is 9.59 Å². The number of carboxylic acids is 1. The van der Waals surface area contributed by atoms with Gasteiger partial charge in [-0.2, -0.15) is 5.82 Å². The fourth-order valence-electron chi connectivity index (χ4n) is 0.729. The second-order valence-electron chi connectivity index (χ2n) is 3.81. The van der Waals surface area contributed by atoms with E-state index in [4.69, 9.17) is 9.84 Å². The molecule has 0 spiro atoms. The maximum Gasteiger partial charge on any atom is 0.409 e. The van der Waals surface area contributed by atoms with Crippen molar-refractivity contribution in [3.63, 3.8) is 0 Å². The van der Waals surface area contributed by atoms with E-state index in [2.05, 4.69) is 17.1 Å². The molecule has 5 nitrogen and oxygen atoms in total. The zero-order valence-electron chi connectivity index (χ0n) is 9.25. The van der Waals surface area contributed by atoms with E-state index >= 15 is 0 Å². The maximum absolute atomic E-state index is 11.2. The molecule has 0 aromatic rings. The molecule has 6 heteroatoms. The molecule has 0 aromatic heterocycles. The molecule has 2 N–H and O–H groups in total. The lowest BCUT2D eigenvalue weighted by atomic mass is 10.1. The van der Waals surface area contributed by atoms with E-state index in [-0.39, 0.29) is 0 Å². The molecule has 0 aromatic carbocycles. The van der Waals surface area contributed by atoms with Gasteiger partial charge < -0.3 is 9.84 Å². The lowest BCUT2D eigenvalue weighted by Gasteiger charge is -2.20. The zero-order valence-corrected chi connectivity index (χ0v) is 9.25. The molecule has 0 fully saturated rings. The van der Waals surface area contributed by atoms with Gasteiger partial charge >= 0.3 is 12.1 Å². The van der Waals surface area contributed by atoms with Crippen molar-refractivity contribution in [3.05, 3.63) is 0 Å². The van der Waals surface area contributed by atoms with Crippen molar-refractivity contribution in [1.82, 2.24) is 5.32 Å². The Hall–Kier alpha value is -1.64. The Morgan fingerprint density at radius 3 is 2.33 bits per heavy atom. The number of carbonyl (C=O) groups excluding carboxylic acids is 1. The predicted octanol–water partition coefficient (Wildman–Crippen LogP) is -0.442. The zero-order chi connectivity index (χ0) is 12.1. The number of hydrogen-bond donors (Lipinski definition) is 2. The van der Waals surface area contributed by atoms with Gasteiger partial charge in [0, 0.05) is 0 Å². The minimum absolute atomic E-state index is 0.660. The lowest BCUT2D eigenvalue weighted by Crippen LogP contribution is -2.42. The topological polar surface area (TPSA) is 75.6 Å². The molecule has 0 radical (unpaired) electrons. The van der Waals surface area contributed by atoms with Crippen LogP contribution in [0.25, 0.3) is 0 Å². The number of nitrogens with one attached hydrogen (secondary N) is 1. The minimum Gasteiger partial charge on any atom is -0.479 e. The van der Waals surface area contributed by atoms with Gasteiger partial charge in [0.05, 0.1) is 0 Å². The highest BCUT2D eigenvalue weighted by Crippen LogP contribution is 2.06. The normalized spacial score (nSPS) is 11.9. The van der Waals surface area contributed by atoms with Crippen LogP contribution in [0.2, 0.25) is 0 Å². The number of aliphatic carboxylic acids is 1. The number of carboxylic acid groups (broad SMARTS) is 1. The highest BCUT2D eigenvalue weighted by atomic mass is 16.6. The summed E-state index contributed by atoms with van der Waals surface area (Å²) in [5, 5.41) is 10.8. The van der Waals surface area contributed by atoms with Crippen molar-refractivity contribution in [1.29, 1.82) is 0 Å². The van der Waals surface area contributed by atoms with E-state index < -0.39 is 23.7 Å². The van der Waals surface area contributed by atoms with Crippen molar-refractivity contribution >= 4 is 19.9 Å². The summed E-state index contributed by atoms with van der Waals surface area (Å²) < 4.78 is 4.88. The lowest BCUT2D eigenvalue weighted by molar-refractivity contribution is -0.137. The predicted molar refractivity (Wildman–Crippen MR) is 57.1 cm³/mol. The standard InChI is InChI=1S/C9H14BNO4/c1-9(2,3)15-8(14)11-6(4-5-10)7(12)13/h6H,10H2,1-3H3,(H,11,14)(H,12,13). The number of ether oxygens (including phenoxy) is 1. The molecule has 1 unspecified atom stereocenters. The largest absolute Gasteiger partial charge is 0.479 e. The van der Waals surface area contributed by atoms with E-state index in [0.29, 0.717) is 0 Å². The van der Waals surface area contributed by atoms with Crippen molar-refractivity contribution in [2.24, 2.45) is 0 Å². The number of hydrogen-bond acceptors (Lipinski definition) is 3. The third kappa shape index (κ3) is 6.44. The molecular formula is C9H14BNO4. The number of amides is 1. The van der Waals surface area contributed by atoms with E-state index in [0.717, 1.165) is 0 Å². The van der Waals surface area contributed by atoms with Crippen LogP contribution < -0.4 is 5.32 Å². The van der Waals surface area contributed by atoms with Crippen LogP contribution in [0.3, 0.4) is 0 Å². The van der Waals surface area contributed by atoms with Gasteiger partial charge in [0.1, 0.15) is 5.60 Å². The number of rotatable bonds is 2. The smallest absolute Gasteiger partial charge is 0.409 e. The summed E-state index contributed by atoms with van der Waals surface area (Å²) in [7, 11) is 1.49. The Labute approximate surface area is 89.6 Å². The van der Waals surface area contributed by atoms with Crippen LogP contribution in [-0.2, 0) is 9.53 Å². The van der Waals surface area contributed by atoms with Crippen molar-refractivity contribution in [2.45, 2.75) is 32.4 Å². The van der Waals surface area contributed by atoms with Crippen LogP contribution >= 0.6 is 0 Å². The fraction of sp³-hybridized carbons (Fsp3) is 0.556. The Morgan fingerprint density at radius 1 is 1.47 bits per heavy atom. The second-order valence-corrected chi connectivity index (χ2v) is 3.81. The first-order valence-corrected chi connectivity index (χ1v) is 4.41. The van der Waals surface area contributed by atoms with Crippen LogP contribution in [0.4, 0.5) is 4.79 Å². The maximum atomic E-state index is 11.2. The van der Waals surface area contributed by atoms with Gasteiger partial charge in [-0.1, -0.05) is 5.92 Å². The first kappa shape index (κ1) is 13.4. The van der Waals surface area contributed by atoms with Gasteiger partial charge in [-0.15, -0.1) is 0 Å².